The molecule has 0 aromatic rings. The van der Waals surface area contributed by atoms with Crippen LogP contribution in [0.2, 0.25) is 0 Å². The first-order valence-corrected chi connectivity index (χ1v) is 6.45. The third kappa shape index (κ3) is 4.69. The highest BCUT2D eigenvalue weighted by Gasteiger charge is 2.27. The van der Waals surface area contributed by atoms with Crippen molar-refractivity contribution in [2.75, 3.05) is 40.3 Å². The van der Waals surface area contributed by atoms with Gasteiger partial charge in [-0.1, -0.05) is 0 Å². The van der Waals surface area contributed by atoms with E-state index in [9.17, 15) is 14.4 Å². The minimum atomic E-state index is -1.23. The summed E-state index contributed by atoms with van der Waals surface area (Å²) in [7, 11) is 3.54. The van der Waals surface area contributed by atoms with Gasteiger partial charge in [0.05, 0.1) is 0 Å². The monoisotopic (exact) mass is 287 g/mol. The number of likely N-dealkylation sites (tertiary alicyclic amines) is 1. The Hall–Kier alpha value is -1.83. The van der Waals surface area contributed by atoms with E-state index in [-0.39, 0.29) is 6.04 Å². The van der Waals surface area contributed by atoms with Gasteiger partial charge in [0.15, 0.2) is 0 Å². The molecular weight excluding hydrogens is 266 g/mol. The van der Waals surface area contributed by atoms with Gasteiger partial charge >= 0.3 is 18.0 Å². The van der Waals surface area contributed by atoms with Crippen molar-refractivity contribution < 1.29 is 24.6 Å². The molecule has 0 aromatic heterocycles. The standard InChI is InChI=1S/C12H21N3O5/c1-13-5-3-4-9(13)6-14(2)12(20)15(7-10(16)17)8-11(18)19/h9H,3-8H2,1-2H3,(H,16,17)(H,18,19). The SMILES string of the molecule is CN(CC1CCCN1C)C(=O)N(CC(=O)O)CC(=O)O. The van der Waals surface area contributed by atoms with E-state index in [4.69, 9.17) is 10.2 Å². The number of hydrogen-bond donors (Lipinski definition) is 2. The van der Waals surface area contributed by atoms with Gasteiger partial charge in [0.1, 0.15) is 13.1 Å². The van der Waals surface area contributed by atoms with Gasteiger partial charge in [-0.3, -0.25) is 9.59 Å². The van der Waals surface area contributed by atoms with Crippen LogP contribution in [0.15, 0.2) is 0 Å². The summed E-state index contributed by atoms with van der Waals surface area (Å²) in [6.07, 6.45) is 2.04. The Morgan fingerprint density at radius 3 is 2.15 bits per heavy atom. The smallest absolute Gasteiger partial charge is 0.323 e. The lowest BCUT2D eigenvalue weighted by molar-refractivity contribution is -0.140. The number of carbonyl (C=O) groups is 3. The second kappa shape index (κ2) is 7.09. The molecule has 1 aliphatic heterocycles. The van der Waals surface area contributed by atoms with Crippen LogP contribution in [0.4, 0.5) is 4.79 Å². The lowest BCUT2D eigenvalue weighted by Gasteiger charge is -2.29. The molecule has 0 bridgehead atoms. The van der Waals surface area contributed by atoms with Crippen LogP contribution in [-0.4, -0.2) is 89.2 Å². The first kappa shape index (κ1) is 16.2. The second-order valence-electron chi connectivity index (χ2n) is 5.08. The van der Waals surface area contributed by atoms with Crippen LogP contribution in [0.3, 0.4) is 0 Å². The highest BCUT2D eigenvalue weighted by molar-refractivity contribution is 5.84. The number of carbonyl (C=O) groups excluding carboxylic acids is 1. The normalized spacial score (nSPS) is 18.8. The van der Waals surface area contributed by atoms with Gasteiger partial charge in [-0.25, -0.2) is 4.79 Å². The molecule has 1 unspecified atom stereocenters. The van der Waals surface area contributed by atoms with Crippen LogP contribution in [0.5, 0.6) is 0 Å². The zero-order valence-corrected chi connectivity index (χ0v) is 11.8. The van der Waals surface area contributed by atoms with Crippen LogP contribution in [0, 0.1) is 0 Å². The molecule has 8 heteroatoms. The van der Waals surface area contributed by atoms with Crippen molar-refractivity contribution in [3.63, 3.8) is 0 Å². The molecule has 1 fully saturated rings. The van der Waals surface area contributed by atoms with Crippen molar-refractivity contribution in [2.45, 2.75) is 18.9 Å². The van der Waals surface area contributed by atoms with Crippen molar-refractivity contribution in [1.82, 2.24) is 14.7 Å². The molecule has 0 aliphatic carbocycles. The molecule has 0 radical (unpaired) electrons. The molecule has 2 amide bonds. The number of carboxylic acid groups (broad SMARTS) is 2. The first-order chi connectivity index (χ1) is 9.31. The predicted octanol–water partition coefficient (Wildman–Crippen LogP) is -0.396. The molecule has 8 nitrogen and oxygen atoms in total. The Morgan fingerprint density at radius 1 is 1.20 bits per heavy atom. The number of nitrogens with zero attached hydrogens (tertiary/aromatic N) is 3. The van der Waals surface area contributed by atoms with Gasteiger partial charge in [0, 0.05) is 19.6 Å². The Labute approximate surface area is 117 Å². The summed E-state index contributed by atoms with van der Waals surface area (Å²) < 4.78 is 0. The number of hydrogen-bond acceptors (Lipinski definition) is 4. The molecular formula is C12H21N3O5. The zero-order chi connectivity index (χ0) is 15.3. The maximum absolute atomic E-state index is 12.1. The molecule has 1 saturated heterocycles. The summed E-state index contributed by atoms with van der Waals surface area (Å²) >= 11 is 0. The van der Waals surface area contributed by atoms with E-state index in [1.807, 2.05) is 7.05 Å². The molecule has 2 N–H and O–H groups in total. The summed E-state index contributed by atoms with van der Waals surface area (Å²) in [5.74, 6) is -2.46. The maximum atomic E-state index is 12.1. The van der Waals surface area contributed by atoms with Crippen molar-refractivity contribution in [3.05, 3.63) is 0 Å². The molecule has 0 aromatic carbocycles. The molecule has 1 heterocycles. The van der Waals surface area contributed by atoms with E-state index < -0.39 is 31.1 Å². The van der Waals surface area contributed by atoms with Crippen molar-refractivity contribution in [3.8, 4) is 0 Å². The molecule has 1 rings (SSSR count). The summed E-state index contributed by atoms with van der Waals surface area (Å²) in [6.45, 7) is 0.206. The number of likely N-dealkylation sites (N-methyl/N-ethyl adjacent to an activating group) is 2. The van der Waals surface area contributed by atoms with E-state index >= 15 is 0 Å². The lowest BCUT2D eigenvalue weighted by Crippen LogP contribution is -2.49. The fourth-order valence-electron chi connectivity index (χ4n) is 2.36. The lowest BCUT2D eigenvalue weighted by atomic mass is 10.2. The molecule has 0 saturated carbocycles. The Morgan fingerprint density at radius 2 is 1.75 bits per heavy atom. The van der Waals surface area contributed by atoms with E-state index in [2.05, 4.69) is 4.90 Å². The van der Waals surface area contributed by atoms with Gasteiger partial charge in [0.25, 0.3) is 0 Å². The minimum absolute atomic E-state index is 0.237. The van der Waals surface area contributed by atoms with Gasteiger partial charge in [-0.2, -0.15) is 0 Å². The molecule has 1 aliphatic rings. The minimum Gasteiger partial charge on any atom is -0.480 e. The van der Waals surface area contributed by atoms with E-state index in [0.29, 0.717) is 6.54 Å². The largest absolute Gasteiger partial charge is 0.480 e. The number of aliphatic carboxylic acids is 2. The van der Waals surface area contributed by atoms with E-state index in [1.54, 1.807) is 7.05 Å². The third-order valence-corrected chi connectivity index (χ3v) is 3.41. The fourth-order valence-corrected chi connectivity index (χ4v) is 2.36. The van der Waals surface area contributed by atoms with Gasteiger partial charge < -0.3 is 24.9 Å². The molecule has 1 atom stereocenters. The fraction of sp³-hybridized carbons (Fsp3) is 0.750. The van der Waals surface area contributed by atoms with Crippen LogP contribution in [0.1, 0.15) is 12.8 Å². The number of amides is 2. The van der Waals surface area contributed by atoms with Gasteiger partial charge in [0.2, 0.25) is 0 Å². The number of carboxylic acids is 2. The van der Waals surface area contributed by atoms with Gasteiger partial charge in [-0.15, -0.1) is 0 Å². The topological polar surface area (TPSA) is 101 Å². The maximum Gasteiger partial charge on any atom is 0.323 e. The highest BCUT2D eigenvalue weighted by atomic mass is 16.4. The summed E-state index contributed by atoms with van der Waals surface area (Å²) in [6, 6.07) is -0.337. The summed E-state index contributed by atoms with van der Waals surface area (Å²) in [4.78, 5) is 37.9. The third-order valence-electron chi connectivity index (χ3n) is 3.41. The average molecular weight is 287 g/mol. The van der Waals surface area contributed by atoms with Crippen molar-refractivity contribution in [2.24, 2.45) is 0 Å². The van der Waals surface area contributed by atoms with Crippen LogP contribution < -0.4 is 0 Å². The van der Waals surface area contributed by atoms with E-state index in [1.165, 1.54) is 4.90 Å². The summed E-state index contributed by atoms with van der Waals surface area (Å²) in [5, 5.41) is 17.5. The highest BCUT2D eigenvalue weighted by Crippen LogP contribution is 2.15. The quantitative estimate of drug-likeness (QED) is 0.689. The van der Waals surface area contributed by atoms with E-state index in [0.717, 1.165) is 24.3 Å². The van der Waals surface area contributed by atoms with Crippen LogP contribution >= 0.6 is 0 Å². The summed E-state index contributed by atoms with van der Waals surface area (Å²) in [5.41, 5.74) is 0. The van der Waals surface area contributed by atoms with Crippen LogP contribution in [-0.2, 0) is 9.59 Å². The second-order valence-corrected chi connectivity index (χ2v) is 5.08. The molecule has 114 valence electrons. The Balaban J connectivity index is 2.62. The Kier molecular flexibility index (Phi) is 5.75. The van der Waals surface area contributed by atoms with Crippen molar-refractivity contribution in [1.29, 1.82) is 0 Å². The number of rotatable bonds is 6. The number of urea groups is 1. The molecule has 0 spiro atoms. The Bertz CT molecular complexity index is 371. The van der Waals surface area contributed by atoms with Crippen LogP contribution in [0.25, 0.3) is 0 Å². The first-order valence-electron chi connectivity index (χ1n) is 6.45. The zero-order valence-electron chi connectivity index (χ0n) is 11.8. The predicted molar refractivity (Wildman–Crippen MR) is 70.5 cm³/mol. The van der Waals surface area contributed by atoms with Gasteiger partial charge in [-0.05, 0) is 26.4 Å². The van der Waals surface area contributed by atoms with Crippen molar-refractivity contribution >= 4 is 18.0 Å². The average Bonchev–Trinajstić information content (AvgIpc) is 2.72. The molecule has 20 heavy (non-hydrogen) atoms.